The Balaban J connectivity index is 1.64. The number of carbonyl (C=O) groups is 1. The molecule has 2 N–H and O–H groups in total. The number of aryl methyl sites for hydroxylation is 2. The van der Waals surface area contributed by atoms with E-state index in [0.29, 0.717) is 5.56 Å². The second-order valence-electron chi connectivity index (χ2n) is 5.89. The lowest BCUT2D eigenvalue weighted by Crippen LogP contribution is -2.10. The summed E-state index contributed by atoms with van der Waals surface area (Å²) in [4.78, 5) is 15.7. The number of hydrogen-bond acceptors (Lipinski definition) is 2. The van der Waals surface area contributed by atoms with Crippen LogP contribution in [0.25, 0.3) is 21.8 Å². The van der Waals surface area contributed by atoms with Crippen molar-refractivity contribution in [3.8, 4) is 0 Å². The molecule has 0 spiro atoms. The minimum Gasteiger partial charge on any atom is -0.366 e. The third-order valence-corrected chi connectivity index (χ3v) is 4.41. The number of benzene rings is 3. The molecule has 0 aliphatic heterocycles. The van der Waals surface area contributed by atoms with Crippen molar-refractivity contribution in [2.45, 2.75) is 13.0 Å². The number of nitrogens with two attached hydrogens (primary N) is 1. The molecule has 0 aliphatic carbocycles. The molecule has 0 atom stereocenters. The fraction of sp³-hybridized carbons (Fsp3) is 0.100. The summed E-state index contributed by atoms with van der Waals surface area (Å²) in [6.07, 6.45) is 2.74. The minimum atomic E-state index is -0.429. The number of amides is 1. The van der Waals surface area contributed by atoms with E-state index in [2.05, 4.69) is 52.0 Å². The predicted octanol–water partition coefficient (Wildman–Crippen LogP) is 3.53. The van der Waals surface area contributed by atoms with Crippen LogP contribution in [0.15, 0.2) is 67.0 Å². The summed E-state index contributed by atoms with van der Waals surface area (Å²) in [6.45, 7) is 0.834. The van der Waals surface area contributed by atoms with Crippen molar-refractivity contribution < 1.29 is 4.79 Å². The first-order valence-electron chi connectivity index (χ1n) is 7.94. The van der Waals surface area contributed by atoms with E-state index in [9.17, 15) is 4.79 Å². The van der Waals surface area contributed by atoms with Gasteiger partial charge in [-0.3, -0.25) is 4.79 Å². The largest absolute Gasteiger partial charge is 0.366 e. The van der Waals surface area contributed by atoms with Gasteiger partial charge < -0.3 is 10.3 Å². The number of imidazole rings is 1. The highest BCUT2D eigenvalue weighted by Crippen LogP contribution is 2.20. The van der Waals surface area contributed by atoms with Crippen LogP contribution in [0.5, 0.6) is 0 Å². The molecular weight excluding hydrogens is 298 g/mol. The van der Waals surface area contributed by atoms with E-state index >= 15 is 0 Å². The first-order chi connectivity index (χ1) is 11.7. The van der Waals surface area contributed by atoms with Gasteiger partial charge in [0.1, 0.15) is 0 Å². The van der Waals surface area contributed by atoms with Crippen molar-refractivity contribution in [1.29, 1.82) is 0 Å². The lowest BCUT2D eigenvalue weighted by atomic mass is 10.0. The Morgan fingerprint density at radius 2 is 1.88 bits per heavy atom. The van der Waals surface area contributed by atoms with Gasteiger partial charge in [-0.15, -0.1) is 0 Å². The molecule has 0 fully saturated rings. The van der Waals surface area contributed by atoms with Crippen molar-refractivity contribution in [3.63, 3.8) is 0 Å². The molecule has 0 saturated carbocycles. The van der Waals surface area contributed by atoms with Crippen molar-refractivity contribution in [2.75, 3.05) is 0 Å². The number of nitrogens with zero attached hydrogens (tertiary/aromatic N) is 2. The number of primary amides is 1. The highest BCUT2D eigenvalue weighted by Gasteiger charge is 2.07. The highest BCUT2D eigenvalue weighted by molar-refractivity contribution is 5.96. The lowest BCUT2D eigenvalue weighted by molar-refractivity contribution is 0.100. The van der Waals surface area contributed by atoms with Crippen molar-refractivity contribution >= 4 is 27.7 Å². The van der Waals surface area contributed by atoms with Gasteiger partial charge in [-0.1, -0.05) is 42.5 Å². The molecule has 118 valence electrons. The van der Waals surface area contributed by atoms with Crippen LogP contribution in [0.1, 0.15) is 15.9 Å². The second-order valence-corrected chi connectivity index (χ2v) is 5.89. The van der Waals surface area contributed by atoms with Gasteiger partial charge >= 0.3 is 0 Å². The Morgan fingerprint density at radius 3 is 2.75 bits per heavy atom. The van der Waals surface area contributed by atoms with Crippen molar-refractivity contribution in [2.24, 2.45) is 5.73 Å². The van der Waals surface area contributed by atoms with E-state index in [1.807, 2.05) is 12.4 Å². The van der Waals surface area contributed by atoms with Gasteiger partial charge in [0, 0.05) is 12.1 Å². The third-order valence-electron chi connectivity index (χ3n) is 4.41. The third kappa shape index (κ3) is 2.52. The number of rotatable bonds is 4. The summed E-state index contributed by atoms with van der Waals surface area (Å²) in [7, 11) is 0. The molecule has 0 unspecified atom stereocenters. The molecule has 4 nitrogen and oxygen atoms in total. The summed E-state index contributed by atoms with van der Waals surface area (Å²) in [6, 6.07) is 20.2. The average Bonchev–Trinajstić information content (AvgIpc) is 3.02. The Hall–Kier alpha value is -3.14. The Bertz CT molecular complexity index is 1040. The fourth-order valence-corrected chi connectivity index (χ4v) is 3.15. The molecule has 3 aromatic carbocycles. The first kappa shape index (κ1) is 14.5. The van der Waals surface area contributed by atoms with E-state index in [1.165, 1.54) is 16.3 Å². The Morgan fingerprint density at radius 1 is 1.04 bits per heavy atom. The van der Waals surface area contributed by atoms with Crippen LogP contribution < -0.4 is 5.73 Å². The monoisotopic (exact) mass is 315 g/mol. The molecule has 0 radical (unpaired) electrons. The molecule has 0 saturated heterocycles. The van der Waals surface area contributed by atoms with Crippen LogP contribution in [0.3, 0.4) is 0 Å². The van der Waals surface area contributed by atoms with Crippen LogP contribution in [0.2, 0.25) is 0 Å². The van der Waals surface area contributed by atoms with E-state index < -0.39 is 5.91 Å². The van der Waals surface area contributed by atoms with Gasteiger partial charge in [0.15, 0.2) is 0 Å². The van der Waals surface area contributed by atoms with Gasteiger partial charge in [0.05, 0.1) is 17.4 Å². The maximum atomic E-state index is 11.3. The summed E-state index contributed by atoms with van der Waals surface area (Å²) in [5.74, 6) is -0.429. The molecule has 1 amide bonds. The van der Waals surface area contributed by atoms with E-state index in [4.69, 9.17) is 5.73 Å². The van der Waals surface area contributed by atoms with Gasteiger partial charge in [0.25, 0.3) is 0 Å². The summed E-state index contributed by atoms with van der Waals surface area (Å²) in [5.41, 5.74) is 8.95. The maximum absolute atomic E-state index is 11.3. The molecule has 1 heterocycles. The van der Waals surface area contributed by atoms with Crippen LogP contribution in [0.4, 0.5) is 0 Å². The fourth-order valence-electron chi connectivity index (χ4n) is 3.15. The van der Waals surface area contributed by atoms with Gasteiger partial charge in [0.2, 0.25) is 5.91 Å². The number of aromatic nitrogens is 2. The predicted molar refractivity (Wildman–Crippen MR) is 95.9 cm³/mol. The summed E-state index contributed by atoms with van der Waals surface area (Å²) >= 11 is 0. The zero-order chi connectivity index (χ0) is 16.5. The molecule has 1 aromatic heterocycles. The highest BCUT2D eigenvalue weighted by atomic mass is 16.1. The average molecular weight is 315 g/mol. The van der Waals surface area contributed by atoms with Crippen molar-refractivity contribution in [3.05, 3.63) is 78.1 Å². The molecule has 24 heavy (non-hydrogen) atoms. The topological polar surface area (TPSA) is 60.9 Å². The normalized spacial score (nSPS) is 11.2. The molecule has 4 rings (SSSR count). The van der Waals surface area contributed by atoms with E-state index in [0.717, 1.165) is 24.0 Å². The van der Waals surface area contributed by atoms with Gasteiger partial charge in [-0.05, 0) is 41.0 Å². The SMILES string of the molecule is NC(=O)c1ccc2c(c1)ncn2CCc1cccc2ccccc12. The molecule has 0 bridgehead atoms. The Labute approximate surface area is 139 Å². The zero-order valence-corrected chi connectivity index (χ0v) is 13.1. The summed E-state index contributed by atoms with van der Waals surface area (Å²) < 4.78 is 2.11. The second kappa shape index (κ2) is 5.81. The smallest absolute Gasteiger partial charge is 0.248 e. The quantitative estimate of drug-likeness (QED) is 0.626. The van der Waals surface area contributed by atoms with Gasteiger partial charge in [-0.25, -0.2) is 4.98 Å². The minimum absolute atomic E-state index is 0.429. The lowest BCUT2D eigenvalue weighted by Gasteiger charge is -2.08. The van der Waals surface area contributed by atoms with Crippen LogP contribution in [0, 0.1) is 0 Å². The Kier molecular flexibility index (Phi) is 3.50. The van der Waals surface area contributed by atoms with Crippen LogP contribution in [-0.2, 0) is 13.0 Å². The van der Waals surface area contributed by atoms with Crippen LogP contribution >= 0.6 is 0 Å². The molecule has 4 aromatic rings. The van der Waals surface area contributed by atoms with E-state index in [1.54, 1.807) is 12.1 Å². The molecule has 0 aliphatic rings. The van der Waals surface area contributed by atoms with Crippen molar-refractivity contribution in [1.82, 2.24) is 9.55 Å². The maximum Gasteiger partial charge on any atom is 0.248 e. The number of carbonyl (C=O) groups excluding carboxylic acids is 1. The first-order valence-corrected chi connectivity index (χ1v) is 7.94. The standard InChI is InChI=1S/C20H17N3O/c21-20(24)16-8-9-19-18(12-16)22-13-23(19)11-10-15-6-3-5-14-4-1-2-7-17(14)15/h1-9,12-13H,10-11H2,(H2,21,24). The van der Waals surface area contributed by atoms with Crippen LogP contribution in [-0.4, -0.2) is 15.5 Å². The zero-order valence-electron chi connectivity index (χ0n) is 13.1. The van der Waals surface area contributed by atoms with Gasteiger partial charge in [-0.2, -0.15) is 0 Å². The number of fused-ring (bicyclic) bond motifs is 2. The molecular formula is C20H17N3O. The number of hydrogen-bond donors (Lipinski definition) is 1. The molecule has 4 heteroatoms. The van der Waals surface area contributed by atoms with E-state index in [-0.39, 0.29) is 0 Å². The summed E-state index contributed by atoms with van der Waals surface area (Å²) in [5, 5.41) is 2.55.